The number of nitrogens with zero attached hydrogens (tertiary/aromatic N) is 2. The monoisotopic (exact) mass is 295 g/mol. The lowest BCUT2D eigenvalue weighted by Gasteiger charge is -2.26. The second-order valence-corrected chi connectivity index (χ2v) is 5.99. The van der Waals surface area contributed by atoms with Crippen LogP contribution in [0, 0.1) is 6.92 Å². The van der Waals surface area contributed by atoms with Crippen molar-refractivity contribution in [2.45, 2.75) is 27.2 Å². The van der Waals surface area contributed by atoms with Gasteiger partial charge in [-0.25, -0.2) is 4.98 Å². The topological polar surface area (TPSA) is 37.4 Å². The fourth-order valence-corrected chi connectivity index (χ4v) is 3.28. The Labute approximate surface area is 125 Å². The highest BCUT2D eigenvalue weighted by atomic mass is 32.1. The zero-order valence-electron chi connectivity index (χ0n) is 12.7. The van der Waals surface area contributed by atoms with Crippen molar-refractivity contribution in [3.8, 4) is 0 Å². The van der Waals surface area contributed by atoms with Gasteiger partial charge in [0.25, 0.3) is 0 Å². The first-order valence-electron chi connectivity index (χ1n) is 7.44. The fourth-order valence-electron chi connectivity index (χ4n) is 2.17. The van der Waals surface area contributed by atoms with E-state index in [9.17, 15) is 0 Å². The summed E-state index contributed by atoms with van der Waals surface area (Å²) in [5, 5.41) is 4.53. The summed E-state index contributed by atoms with van der Waals surface area (Å²) in [6.45, 7) is 12.0. The first-order chi connectivity index (χ1) is 9.74. The van der Waals surface area contributed by atoms with Crippen LogP contribution in [0.15, 0.2) is 5.57 Å². The lowest BCUT2D eigenvalue weighted by atomic mass is 10.1. The molecule has 0 amide bonds. The van der Waals surface area contributed by atoms with E-state index in [1.165, 1.54) is 10.5 Å². The average Bonchev–Trinajstić information content (AvgIpc) is 2.85. The van der Waals surface area contributed by atoms with E-state index in [-0.39, 0.29) is 0 Å². The minimum atomic E-state index is 0.810. The van der Waals surface area contributed by atoms with Crippen molar-refractivity contribution >= 4 is 22.5 Å². The van der Waals surface area contributed by atoms with Crippen LogP contribution < -0.4 is 10.2 Å². The maximum atomic E-state index is 5.40. The number of nitrogens with one attached hydrogen (secondary N) is 1. The minimum Gasteiger partial charge on any atom is -0.378 e. The number of hydrogen-bond acceptors (Lipinski definition) is 5. The molecule has 0 spiro atoms. The van der Waals surface area contributed by atoms with E-state index in [1.807, 2.05) is 0 Å². The summed E-state index contributed by atoms with van der Waals surface area (Å²) in [5.74, 6) is 0. The van der Waals surface area contributed by atoms with Crippen LogP contribution in [0.2, 0.25) is 0 Å². The van der Waals surface area contributed by atoms with E-state index < -0.39 is 0 Å². The summed E-state index contributed by atoms with van der Waals surface area (Å²) >= 11 is 1.80. The van der Waals surface area contributed by atoms with Crippen LogP contribution >= 0.6 is 11.3 Å². The van der Waals surface area contributed by atoms with Gasteiger partial charge in [0.1, 0.15) is 0 Å². The molecule has 0 bridgehead atoms. The second kappa shape index (κ2) is 7.76. The van der Waals surface area contributed by atoms with Crippen molar-refractivity contribution in [2.24, 2.45) is 0 Å². The van der Waals surface area contributed by atoms with Crippen LogP contribution in [0.5, 0.6) is 0 Å². The molecule has 4 nitrogen and oxygen atoms in total. The lowest BCUT2D eigenvalue weighted by molar-refractivity contribution is 0.122. The molecule has 1 fully saturated rings. The number of aryl methyl sites for hydroxylation is 1. The number of likely N-dealkylation sites (N-methyl/N-ethyl adjacent to an activating group) is 1. The quantitative estimate of drug-likeness (QED) is 0.875. The third-order valence-corrected chi connectivity index (χ3v) is 4.66. The SMILES string of the molecule is CCNCC(=Cc1sc(N2CCOCC2)nc1C)CC. The maximum Gasteiger partial charge on any atom is 0.186 e. The molecular weight excluding hydrogens is 270 g/mol. The zero-order chi connectivity index (χ0) is 14.4. The fraction of sp³-hybridized carbons (Fsp3) is 0.667. The number of hydrogen-bond donors (Lipinski definition) is 1. The molecule has 0 aromatic carbocycles. The van der Waals surface area contributed by atoms with E-state index in [1.54, 1.807) is 11.3 Å². The molecule has 20 heavy (non-hydrogen) atoms. The maximum absolute atomic E-state index is 5.40. The molecule has 0 radical (unpaired) electrons. The summed E-state index contributed by atoms with van der Waals surface area (Å²) in [7, 11) is 0. The standard InChI is InChI=1S/C15H25N3OS/c1-4-13(11-16-5-2)10-14-12(3)17-15(20-14)18-6-8-19-9-7-18/h10,16H,4-9,11H2,1-3H3. The van der Waals surface area contributed by atoms with Gasteiger partial charge >= 0.3 is 0 Å². The lowest BCUT2D eigenvalue weighted by Crippen LogP contribution is -2.36. The highest BCUT2D eigenvalue weighted by molar-refractivity contribution is 7.16. The van der Waals surface area contributed by atoms with Crippen LogP contribution in [0.25, 0.3) is 6.08 Å². The van der Waals surface area contributed by atoms with Crippen LogP contribution in [-0.4, -0.2) is 44.4 Å². The minimum absolute atomic E-state index is 0.810. The number of ether oxygens (including phenoxy) is 1. The largest absolute Gasteiger partial charge is 0.378 e. The van der Waals surface area contributed by atoms with Crippen LogP contribution in [-0.2, 0) is 4.74 Å². The van der Waals surface area contributed by atoms with Gasteiger partial charge in [-0.05, 0) is 26.0 Å². The predicted octanol–water partition coefficient (Wildman–Crippen LogP) is 2.69. The van der Waals surface area contributed by atoms with Gasteiger partial charge < -0.3 is 15.0 Å². The first-order valence-corrected chi connectivity index (χ1v) is 8.26. The van der Waals surface area contributed by atoms with Gasteiger partial charge in [0.15, 0.2) is 5.13 Å². The number of thiazole rings is 1. The van der Waals surface area contributed by atoms with Crippen LogP contribution in [0.4, 0.5) is 5.13 Å². The molecule has 112 valence electrons. The molecule has 1 saturated heterocycles. The Kier molecular flexibility index (Phi) is 6.01. The van der Waals surface area contributed by atoms with Gasteiger partial charge in [-0.2, -0.15) is 0 Å². The van der Waals surface area contributed by atoms with Gasteiger partial charge in [0, 0.05) is 19.6 Å². The molecule has 0 aliphatic carbocycles. The summed E-state index contributed by atoms with van der Waals surface area (Å²) < 4.78 is 5.40. The van der Waals surface area contributed by atoms with Crippen molar-refractivity contribution in [1.82, 2.24) is 10.3 Å². The third kappa shape index (κ3) is 4.04. The molecule has 1 aliphatic rings. The van der Waals surface area contributed by atoms with E-state index in [0.717, 1.165) is 56.6 Å². The molecule has 1 aromatic heterocycles. The molecule has 1 aromatic rings. The van der Waals surface area contributed by atoms with Gasteiger partial charge in [-0.15, -0.1) is 0 Å². The Morgan fingerprint density at radius 2 is 2.15 bits per heavy atom. The number of rotatable bonds is 6. The first kappa shape index (κ1) is 15.5. The normalized spacial score (nSPS) is 16.8. The molecule has 2 rings (SSSR count). The van der Waals surface area contributed by atoms with Gasteiger partial charge in [0.05, 0.1) is 23.8 Å². The van der Waals surface area contributed by atoms with Crippen molar-refractivity contribution in [3.05, 3.63) is 16.1 Å². The summed E-state index contributed by atoms with van der Waals surface area (Å²) in [6.07, 6.45) is 3.39. The Bertz CT molecular complexity index is 450. The molecule has 5 heteroatoms. The average molecular weight is 295 g/mol. The number of anilines is 1. The van der Waals surface area contributed by atoms with E-state index in [0.29, 0.717) is 0 Å². The molecule has 0 unspecified atom stereocenters. The molecule has 2 heterocycles. The predicted molar refractivity (Wildman–Crippen MR) is 86.7 cm³/mol. The number of morpholine rings is 1. The number of aromatic nitrogens is 1. The van der Waals surface area contributed by atoms with E-state index in [2.05, 4.69) is 37.1 Å². The zero-order valence-corrected chi connectivity index (χ0v) is 13.6. The Balaban J connectivity index is 2.11. The third-order valence-electron chi connectivity index (χ3n) is 3.49. The van der Waals surface area contributed by atoms with Crippen molar-refractivity contribution in [2.75, 3.05) is 44.3 Å². The molecule has 0 atom stereocenters. The van der Waals surface area contributed by atoms with E-state index >= 15 is 0 Å². The highest BCUT2D eigenvalue weighted by Gasteiger charge is 2.16. The van der Waals surface area contributed by atoms with Crippen molar-refractivity contribution in [1.29, 1.82) is 0 Å². The Morgan fingerprint density at radius 3 is 2.80 bits per heavy atom. The Morgan fingerprint density at radius 1 is 1.40 bits per heavy atom. The highest BCUT2D eigenvalue weighted by Crippen LogP contribution is 2.28. The molecule has 1 aliphatic heterocycles. The van der Waals surface area contributed by atoms with Gasteiger partial charge in [-0.3, -0.25) is 0 Å². The summed E-state index contributed by atoms with van der Waals surface area (Å²) in [6, 6.07) is 0. The molecule has 0 saturated carbocycles. The van der Waals surface area contributed by atoms with Crippen molar-refractivity contribution in [3.63, 3.8) is 0 Å². The van der Waals surface area contributed by atoms with Crippen molar-refractivity contribution < 1.29 is 4.74 Å². The second-order valence-electron chi connectivity index (χ2n) is 4.98. The van der Waals surface area contributed by atoms with Crippen LogP contribution in [0.1, 0.15) is 30.8 Å². The molecular formula is C15H25N3OS. The summed E-state index contributed by atoms with van der Waals surface area (Å²) in [5.41, 5.74) is 2.58. The smallest absolute Gasteiger partial charge is 0.186 e. The van der Waals surface area contributed by atoms with Crippen LogP contribution in [0.3, 0.4) is 0 Å². The Hall–Kier alpha value is -0.910. The van der Waals surface area contributed by atoms with Gasteiger partial charge in [0.2, 0.25) is 0 Å². The molecule has 1 N–H and O–H groups in total. The summed E-state index contributed by atoms with van der Waals surface area (Å²) in [4.78, 5) is 8.35. The van der Waals surface area contributed by atoms with E-state index in [4.69, 9.17) is 9.72 Å². The van der Waals surface area contributed by atoms with Gasteiger partial charge in [-0.1, -0.05) is 30.8 Å².